The fourth-order valence-electron chi connectivity index (χ4n) is 3.77. The van der Waals surface area contributed by atoms with E-state index in [9.17, 15) is 0 Å². The highest BCUT2D eigenvalue weighted by molar-refractivity contribution is 5.73. The van der Waals surface area contributed by atoms with Crippen molar-refractivity contribution < 1.29 is 4.74 Å². The van der Waals surface area contributed by atoms with E-state index in [0.29, 0.717) is 6.04 Å². The van der Waals surface area contributed by atoms with Crippen LogP contribution in [0.5, 0.6) is 5.75 Å². The third kappa shape index (κ3) is 3.61. The predicted molar refractivity (Wildman–Crippen MR) is 114 cm³/mol. The molecule has 0 amide bonds. The van der Waals surface area contributed by atoms with Gasteiger partial charge in [0, 0.05) is 30.9 Å². The van der Waals surface area contributed by atoms with Crippen LogP contribution in [0.2, 0.25) is 0 Å². The van der Waals surface area contributed by atoms with E-state index >= 15 is 0 Å². The number of nitrogens with one attached hydrogen (secondary N) is 1. The monoisotopic (exact) mass is 402 g/mol. The molecule has 0 bridgehead atoms. The average molecular weight is 402 g/mol. The van der Waals surface area contributed by atoms with Crippen LogP contribution in [0.3, 0.4) is 0 Å². The maximum atomic E-state index is 5.26. The molecule has 0 atom stereocenters. The number of fused-ring (bicyclic) bond motifs is 1. The van der Waals surface area contributed by atoms with Crippen LogP contribution in [-0.2, 0) is 0 Å². The zero-order chi connectivity index (χ0) is 20.3. The maximum Gasteiger partial charge on any atom is 0.200 e. The number of anilines is 2. The first-order valence-electron chi connectivity index (χ1n) is 9.95. The second kappa shape index (κ2) is 7.94. The molecular formula is C21H22N8O. The highest BCUT2D eigenvalue weighted by Gasteiger charge is 2.21. The number of piperidine rings is 1. The number of rotatable bonds is 5. The molecule has 1 saturated heterocycles. The fraction of sp³-hybridized carbons (Fsp3) is 0.286. The molecule has 0 spiro atoms. The summed E-state index contributed by atoms with van der Waals surface area (Å²) < 4.78 is 6.98. The molecule has 0 radical (unpaired) electrons. The first-order chi connectivity index (χ1) is 14.8. The molecule has 1 aliphatic rings. The van der Waals surface area contributed by atoms with E-state index in [1.807, 2.05) is 42.5 Å². The van der Waals surface area contributed by atoms with E-state index in [-0.39, 0.29) is 0 Å². The van der Waals surface area contributed by atoms with Gasteiger partial charge in [-0.25, -0.2) is 0 Å². The van der Waals surface area contributed by atoms with Crippen LogP contribution < -0.4 is 15.0 Å². The van der Waals surface area contributed by atoms with Crippen molar-refractivity contribution in [1.29, 1.82) is 0 Å². The van der Waals surface area contributed by atoms with E-state index < -0.39 is 0 Å². The van der Waals surface area contributed by atoms with Gasteiger partial charge in [-0.1, -0.05) is 0 Å². The molecule has 3 aromatic heterocycles. The van der Waals surface area contributed by atoms with Crippen LogP contribution in [0.25, 0.3) is 16.9 Å². The lowest BCUT2D eigenvalue weighted by atomic mass is 10.0. The number of benzene rings is 1. The van der Waals surface area contributed by atoms with Crippen molar-refractivity contribution >= 4 is 17.2 Å². The molecule has 4 heterocycles. The van der Waals surface area contributed by atoms with Crippen LogP contribution >= 0.6 is 0 Å². The number of hydrogen-bond donors (Lipinski definition) is 1. The Balaban J connectivity index is 1.36. The van der Waals surface area contributed by atoms with Gasteiger partial charge < -0.3 is 15.0 Å². The van der Waals surface area contributed by atoms with Gasteiger partial charge in [0.15, 0.2) is 5.82 Å². The molecule has 1 N–H and O–H groups in total. The second-order valence-electron chi connectivity index (χ2n) is 7.26. The summed E-state index contributed by atoms with van der Waals surface area (Å²) in [7, 11) is 1.66. The normalized spacial score (nSPS) is 14.8. The van der Waals surface area contributed by atoms with E-state index in [0.717, 1.165) is 60.1 Å². The van der Waals surface area contributed by atoms with Gasteiger partial charge in [-0.05, 0) is 55.3 Å². The largest absolute Gasteiger partial charge is 0.497 e. The van der Waals surface area contributed by atoms with Crippen molar-refractivity contribution in [3.63, 3.8) is 0 Å². The summed E-state index contributed by atoms with van der Waals surface area (Å²) in [5.41, 5.74) is 3.52. The predicted octanol–water partition coefficient (Wildman–Crippen LogP) is 2.67. The van der Waals surface area contributed by atoms with Gasteiger partial charge in [-0.3, -0.25) is 0 Å². The van der Waals surface area contributed by atoms with Gasteiger partial charge in [0.05, 0.1) is 18.5 Å². The van der Waals surface area contributed by atoms with E-state index in [2.05, 4.69) is 35.7 Å². The lowest BCUT2D eigenvalue weighted by Gasteiger charge is -2.33. The molecule has 4 aromatic rings. The topological polar surface area (TPSA) is 93.4 Å². The molecule has 9 nitrogen and oxygen atoms in total. The first-order valence-corrected chi connectivity index (χ1v) is 9.95. The SMILES string of the molecule is COc1ccc(-c2cc(NC3CCN(c4cccnn4)CC3)c3nncn3n2)cc1. The Kier molecular flexibility index (Phi) is 4.84. The minimum Gasteiger partial charge on any atom is -0.497 e. The van der Waals surface area contributed by atoms with Crippen molar-refractivity contribution in [3.05, 3.63) is 55.0 Å². The van der Waals surface area contributed by atoms with Crippen LogP contribution in [0.15, 0.2) is 55.0 Å². The molecule has 1 aromatic carbocycles. The van der Waals surface area contributed by atoms with E-state index in [1.165, 1.54) is 0 Å². The van der Waals surface area contributed by atoms with Crippen molar-refractivity contribution in [1.82, 2.24) is 30.0 Å². The Labute approximate surface area is 173 Å². The van der Waals surface area contributed by atoms with Gasteiger partial charge >= 0.3 is 0 Å². The van der Waals surface area contributed by atoms with Crippen molar-refractivity contribution in [2.45, 2.75) is 18.9 Å². The standard InChI is InChI=1S/C21H22N8O/c1-30-17-6-4-15(5-7-17)18-13-19(21-26-23-14-29(21)27-18)24-16-8-11-28(12-9-16)20-3-2-10-22-25-20/h2-7,10,13-14,16,24H,8-9,11-12H2,1H3. The third-order valence-corrected chi connectivity index (χ3v) is 5.39. The molecule has 1 aliphatic heterocycles. The number of nitrogens with zero attached hydrogens (tertiary/aromatic N) is 7. The summed E-state index contributed by atoms with van der Waals surface area (Å²) in [5, 5.41) is 24.8. The zero-order valence-electron chi connectivity index (χ0n) is 16.6. The Hall–Kier alpha value is -3.75. The molecule has 5 rings (SSSR count). The summed E-state index contributed by atoms with van der Waals surface area (Å²) in [5.74, 6) is 1.75. The summed E-state index contributed by atoms with van der Waals surface area (Å²) in [4.78, 5) is 2.27. The summed E-state index contributed by atoms with van der Waals surface area (Å²) in [6.45, 7) is 1.85. The van der Waals surface area contributed by atoms with Crippen molar-refractivity contribution in [3.8, 4) is 17.0 Å². The Morgan fingerprint density at radius 3 is 2.60 bits per heavy atom. The van der Waals surface area contributed by atoms with Crippen LogP contribution in [0.1, 0.15) is 12.8 Å². The van der Waals surface area contributed by atoms with Crippen LogP contribution in [-0.4, -0.2) is 56.2 Å². The fourth-order valence-corrected chi connectivity index (χ4v) is 3.77. The molecule has 0 unspecified atom stereocenters. The quantitative estimate of drug-likeness (QED) is 0.545. The lowest BCUT2D eigenvalue weighted by Crippen LogP contribution is -2.39. The number of hydrogen-bond acceptors (Lipinski definition) is 8. The smallest absolute Gasteiger partial charge is 0.200 e. The minimum atomic E-state index is 0.338. The molecule has 9 heteroatoms. The molecule has 152 valence electrons. The van der Waals surface area contributed by atoms with Crippen molar-refractivity contribution in [2.75, 3.05) is 30.4 Å². The van der Waals surface area contributed by atoms with Gasteiger partial charge in [0.1, 0.15) is 12.1 Å². The summed E-state index contributed by atoms with van der Waals surface area (Å²) in [6, 6.07) is 14.2. The van der Waals surface area contributed by atoms with Gasteiger partial charge in [0.25, 0.3) is 0 Å². The highest BCUT2D eigenvalue weighted by atomic mass is 16.5. The maximum absolute atomic E-state index is 5.26. The molecule has 0 aliphatic carbocycles. The highest BCUT2D eigenvalue weighted by Crippen LogP contribution is 2.27. The molecule has 0 saturated carbocycles. The Morgan fingerprint density at radius 2 is 1.87 bits per heavy atom. The van der Waals surface area contributed by atoms with Gasteiger partial charge in [-0.15, -0.1) is 15.3 Å². The number of methoxy groups -OCH3 is 1. The molecular weight excluding hydrogens is 380 g/mol. The summed E-state index contributed by atoms with van der Waals surface area (Å²) >= 11 is 0. The Morgan fingerprint density at radius 1 is 1.03 bits per heavy atom. The lowest BCUT2D eigenvalue weighted by molar-refractivity contribution is 0.415. The van der Waals surface area contributed by atoms with E-state index in [1.54, 1.807) is 24.1 Å². The number of aromatic nitrogens is 6. The van der Waals surface area contributed by atoms with E-state index in [4.69, 9.17) is 4.74 Å². The number of ether oxygens (including phenoxy) is 1. The van der Waals surface area contributed by atoms with Gasteiger partial charge in [-0.2, -0.15) is 14.7 Å². The average Bonchev–Trinajstić information content (AvgIpc) is 3.29. The second-order valence-corrected chi connectivity index (χ2v) is 7.26. The Bertz CT molecular complexity index is 1120. The minimum absolute atomic E-state index is 0.338. The third-order valence-electron chi connectivity index (χ3n) is 5.39. The van der Waals surface area contributed by atoms with Crippen LogP contribution in [0.4, 0.5) is 11.5 Å². The molecule has 30 heavy (non-hydrogen) atoms. The van der Waals surface area contributed by atoms with Crippen LogP contribution in [0, 0.1) is 0 Å². The summed E-state index contributed by atoms with van der Waals surface area (Å²) in [6.07, 6.45) is 5.32. The zero-order valence-corrected chi connectivity index (χ0v) is 16.6. The first kappa shape index (κ1) is 18.3. The molecule has 1 fully saturated rings. The van der Waals surface area contributed by atoms with Crippen molar-refractivity contribution in [2.24, 2.45) is 0 Å². The van der Waals surface area contributed by atoms with Gasteiger partial charge in [0.2, 0.25) is 5.65 Å².